The van der Waals surface area contributed by atoms with Crippen molar-refractivity contribution < 1.29 is 9.53 Å². The molecule has 2 aliphatic rings. The number of hydrogen-bond donors (Lipinski definition) is 1. The van der Waals surface area contributed by atoms with Crippen LogP contribution in [0.4, 0.5) is 10.9 Å². The molecule has 5 nitrogen and oxygen atoms in total. The van der Waals surface area contributed by atoms with Crippen molar-refractivity contribution in [2.75, 3.05) is 36.5 Å². The minimum absolute atomic E-state index is 0.0104. The monoisotopic (exact) mass is 349 g/mol. The number of thiazole rings is 1. The maximum atomic E-state index is 12.1. The van der Waals surface area contributed by atoms with Crippen molar-refractivity contribution in [1.82, 2.24) is 4.98 Å². The fourth-order valence-electron chi connectivity index (χ4n) is 2.96. The Labute approximate surface area is 143 Å². The quantitative estimate of drug-likeness (QED) is 0.905. The highest BCUT2D eigenvalue weighted by Crippen LogP contribution is 2.43. The molecular formula is C16H16ClN3O2S. The lowest BCUT2D eigenvalue weighted by Gasteiger charge is -2.26. The SMILES string of the molecule is O=C1C[C@H](c2ccc(Cl)cc2)c2sc(N3CCOCC3)nc2N1. The van der Waals surface area contributed by atoms with Crippen molar-refractivity contribution in [2.24, 2.45) is 0 Å². The van der Waals surface area contributed by atoms with Crippen molar-refractivity contribution in [1.29, 1.82) is 0 Å². The Morgan fingerprint density at radius 2 is 2.00 bits per heavy atom. The third-order valence-corrected chi connectivity index (χ3v) is 5.64. The highest BCUT2D eigenvalue weighted by molar-refractivity contribution is 7.16. The first kappa shape index (κ1) is 14.9. The summed E-state index contributed by atoms with van der Waals surface area (Å²) in [4.78, 5) is 20.0. The standard InChI is InChI=1S/C16H16ClN3O2S/c17-11-3-1-10(2-4-11)12-9-13(21)18-15-14(12)23-16(19-15)20-5-7-22-8-6-20/h1-4,12H,5-9H2,(H,18,21)/t12-/m1/s1. The van der Waals surface area contributed by atoms with Gasteiger partial charge in [-0.05, 0) is 17.7 Å². The van der Waals surface area contributed by atoms with E-state index in [1.807, 2.05) is 24.3 Å². The number of nitrogens with one attached hydrogen (secondary N) is 1. The van der Waals surface area contributed by atoms with Crippen LogP contribution in [0.25, 0.3) is 0 Å². The van der Waals surface area contributed by atoms with E-state index >= 15 is 0 Å². The molecule has 1 amide bonds. The van der Waals surface area contributed by atoms with Crippen LogP contribution < -0.4 is 10.2 Å². The third kappa shape index (κ3) is 2.94. The number of anilines is 2. The molecule has 0 aliphatic carbocycles. The van der Waals surface area contributed by atoms with Gasteiger partial charge in [0.1, 0.15) is 5.82 Å². The topological polar surface area (TPSA) is 54.5 Å². The van der Waals surface area contributed by atoms with Gasteiger partial charge in [0.2, 0.25) is 5.91 Å². The van der Waals surface area contributed by atoms with Crippen molar-refractivity contribution in [3.05, 3.63) is 39.7 Å². The van der Waals surface area contributed by atoms with Gasteiger partial charge in [-0.1, -0.05) is 35.1 Å². The largest absolute Gasteiger partial charge is 0.378 e. The number of fused-ring (bicyclic) bond motifs is 1. The normalized spacial score (nSPS) is 21.0. The van der Waals surface area contributed by atoms with Gasteiger partial charge in [-0.2, -0.15) is 0 Å². The number of hydrogen-bond acceptors (Lipinski definition) is 5. The zero-order valence-corrected chi connectivity index (χ0v) is 14.0. The van der Waals surface area contributed by atoms with E-state index in [0.717, 1.165) is 41.9 Å². The fourth-order valence-corrected chi connectivity index (χ4v) is 4.29. The van der Waals surface area contributed by atoms with Gasteiger partial charge in [-0.3, -0.25) is 4.79 Å². The highest BCUT2D eigenvalue weighted by atomic mass is 35.5. The molecule has 1 atom stereocenters. The lowest BCUT2D eigenvalue weighted by atomic mass is 9.92. The first-order valence-electron chi connectivity index (χ1n) is 7.59. The van der Waals surface area contributed by atoms with E-state index in [1.54, 1.807) is 11.3 Å². The summed E-state index contributed by atoms with van der Waals surface area (Å²) < 4.78 is 5.39. The van der Waals surface area contributed by atoms with Crippen LogP contribution >= 0.6 is 22.9 Å². The van der Waals surface area contributed by atoms with Gasteiger partial charge in [0.15, 0.2) is 5.13 Å². The summed E-state index contributed by atoms with van der Waals surface area (Å²) in [6, 6.07) is 7.72. The Bertz CT molecular complexity index is 725. The third-order valence-electron chi connectivity index (χ3n) is 4.16. The van der Waals surface area contributed by atoms with E-state index in [4.69, 9.17) is 16.3 Å². The molecular weight excluding hydrogens is 334 g/mol. The summed E-state index contributed by atoms with van der Waals surface area (Å²) in [5.74, 6) is 0.757. The summed E-state index contributed by atoms with van der Waals surface area (Å²) in [6.45, 7) is 3.12. The second-order valence-electron chi connectivity index (χ2n) is 5.67. The second kappa shape index (κ2) is 6.11. The Hall–Kier alpha value is -1.63. The van der Waals surface area contributed by atoms with E-state index in [9.17, 15) is 4.79 Å². The number of amides is 1. The summed E-state index contributed by atoms with van der Waals surface area (Å²) in [6.07, 6.45) is 0.444. The highest BCUT2D eigenvalue weighted by Gasteiger charge is 2.31. The number of aromatic nitrogens is 1. The van der Waals surface area contributed by atoms with Crippen LogP contribution in [-0.4, -0.2) is 37.2 Å². The predicted molar refractivity (Wildman–Crippen MR) is 91.7 cm³/mol. The van der Waals surface area contributed by atoms with Gasteiger partial charge in [-0.25, -0.2) is 4.98 Å². The average molecular weight is 350 g/mol. The van der Waals surface area contributed by atoms with Crippen LogP contribution in [0, 0.1) is 0 Å². The second-order valence-corrected chi connectivity index (χ2v) is 7.11. The van der Waals surface area contributed by atoms with Crippen LogP contribution in [0.1, 0.15) is 22.8 Å². The molecule has 1 fully saturated rings. The van der Waals surface area contributed by atoms with Crippen molar-refractivity contribution in [3.63, 3.8) is 0 Å². The molecule has 1 aromatic heterocycles. The Morgan fingerprint density at radius 3 is 2.74 bits per heavy atom. The smallest absolute Gasteiger partial charge is 0.226 e. The number of benzene rings is 1. The Morgan fingerprint density at radius 1 is 1.26 bits per heavy atom. The summed E-state index contributed by atoms with van der Waals surface area (Å²) in [5, 5.41) is 4.57. The van der Waals surface area contributed by atoms with Crippen LogP contribution in [0.5, 0.6) is 0 Å². The minimum Gasteiger partial charge on any atom is -0.378 e. The Balaban J connectivity index is 1.69. The molecule has 1 saturated heterocycles. The molecule has 3 heterocycles. The molecule has 1 N–H and O–H groups in total. The maximum absolute atomic E-state index is 12.1. The van der Waals surface area contributed by atoms with Crippen LogP contribution in [0.2, 0.25) is 5.02 Å². The van der Waals surface area contributed by atoms with E-state index in [1.165, 1.54) is 0 Å². The molecule has 0 unspecified atom stereocenters. The number of carbonyl (C=O) groups is 1. The maximum Gasteiger partial charge on any atom is 0.226 e. The molecule has 7 heteroatoms. The van der Waals surface area contributed by atoms with Gasteiger partial charge < -0.3 is 15.0 Å². The molecule has 23 heavy (non-hydrogen) atoms. The van der Waals surface area contributed by atoms with Crippen LogP contribution in [-0.2, 0) is 9.53 Å². The summed E-state index contributed by atoms with van der Waals surface area (Å²) in [5.41, 5.74) is 1.10. The molecule has 1 aromatic carbocycles. The van der Waals surface area contributed by atoms with Crippen molar-refractivity contribution in [3.8, 4) is 0 Å². The minimum atomic E-state index is 0.0104. The molecule has 0 bridgehead atoms. The number of morpholine rings is 1. The number of rotatable bonds is 2. The number of nitrogens with zero attached hydrogens (tertiary/aromatic N) is 2. The average Bonchev–Trinajstić information content (AvgIpc) is 2.99. The molecule has 0 spiro atoms. The van der Waals surface area contributed by atoms with E-state index in [-0.39, 0.29) is 11.8 Å². The summed E-state index contributed by atoms with van der Waals surface area (Å²) >= 11 is 7.64. The van der Waals surface area contributed by atoms with E-state index in [2.05, 4.69) is 15.2 Å². The summed E-state index contributed by atoms with van der Waals surface area (Å²) in [7, 11) is 0. The van der Waals surface area contributed by atoms with Gasteiger partial charge in [0.25, 0.3) is 0 Å². The molecule has 4 rings (SSSR count). The van der Waals surface area contributed by atoms with Crippen LogP contribution in [0.15, 0.2) is 24.3 Å². The fraction of sp³-hybridized carbons (Fsp3) is 0.375. The number of ether oxygens (including phenoxy) is 1. The lowest BCUT2D eigenvalue weighted by molar-refractivity contribution is -0.116. The van der Waals surface area contributed by atoms with E-state index < -0.39 is 0 Å². The van der Waals surface area contributed by atoms with Gasteiger partial charge in [0.05, 0.1) is 18.1 Å². The van der Waals surface area contributed by atoms with Gasteiger partial charge in [0, 0.05) is 30.5 Å². The molecule has 2 aliphatic heterocycles. The molecule has 0 saturated carbocycles. The number of carbonyl (C=O) groups excluding carboxylic acids is 1. The first-order chi connectivity index (χ1) is 11.2. The van der Waals surface area contributed by atoms with E-state index in [0.29, 0.717) is 17.3 Å². The number of halogens is 1. The molecule has 120 valence electrons. The van der Waals surface area contributed by atoms with Crippen molar-refractivity contribution >= 4 is 39.8 Å². The van der Waals surface area contributed by atoms with Crippen LogP contribution in [0.3, 0.4) is 0 Å². The zero-order valence-electron chi connectivity index (χ0n) is 12.4. The first-order valence-corrected chi connectivity index (χ1v) is 8.79. The zero-order chi connectivity index (χ0) is 15.8. The molecule has 0 radical (unpaired) electrons. The Kier molecular flexibility index (Phi) is 3.97. The molecule has 2 aromatic rings. The van der Waals surface area contributed by atoms with Gasteiger partial charge in [-0.15, -0.1) is 0 Å². The lowest BCUT2D eigenvalue weighted by Crippen LogP contribution is -2.36. The van der Waals surface area contributed by atoms with Crippen molar-refractivity contribution in [2.45, 2.75) is 12.3 Å². The van der Waals surface area contributed by atoms with Gasteiger partial charge >= 0.3 is 0 Å². The predicted octanol–water partition coefficient (Wildman–Crippen LogP) is 3.11.